The number of hydrogen-bond acceptors (Lipinski definition) is 3. The van der Waals surface area contributed by atoms with Crippen molar-refractivity contribution in [3.05, 3.63) is 64.4 Å². The van der Waals surface area contributed by atoms with Gasteiger partial charge in [0.2, 0.25) is 0 Å². The molecule has 112 valence electrons. The maximum Gasteiger partial charge on any atom is 0.164 e. The fourth-order valence-corrected chi connectivity index (χ4v) is 2.56. The number of ether oxygens (including phenoxy) is 1. The van der Waals surface area contributed by atoms with Gasteiger partial charge in [0.05, 0.1) is 13.7 Å². The third-order valence-electron chi connectivity index (χ3n) is 3.54. The van der Waals surface area contributed by atoms with Crippen LogP contribution in [0.5, 0.6) is 5.75 Å². The molecule has 0 radical (unpaired) electrons. The first kappa shape index (κ1) is 14.8. The summed E-state index contributed by atoms with van der Waals surface area (Å²) < 4.78 is 8.36. The molecule has 0 bridgehead atoms. The van der Waals surface area contributed by atoms with Crippen LogP contribution in [0.25, 0.3) is 11.4 Å². The molecule has 1 aromatic heterocycles. The van der Waals surface area contributed by atoms with Crippen LogP contribution in [0.15, 0.2) is 53.0 Å². The van der Waals surface area contributed by atoms with Gasteiger partial charge in [0.1, 0.15) is 11.6 Å². The van der Waals surface area contributed by atoms with Crippen molar-refractivity contribution in [3.8, 4) is 17.1 Å². The third kappa shape index (κ3) is 3.04. The fourth-order valence-electron chi connectivity index (χ4n) is 2.30. The van der Waals surface area contributed by atoms with E-state index in [1.54, 1.807) is 7.11 Å². The van der Waals surface area contributed by atoms with E-state index in [1.807, 2.05) is 43.3 Å². The van der Waals surface area contributed by atoms with Gasteiger partial charge in [-0.25, -0.2) is 0 Å². The zero-order chi connectivity index (χ0) is 15.5. The summed E-state index contributed by atoms with van der Waals surface area (Å²) in [5, 5.41) is 8.54. The van der Waals surface area contributed by atoms with E-state index in [1.165, 1.54) is 5.56 Å². The van der Waals surface area contributed by atoms with Crippen LogP contribution in [-0.2, 0) is 6.54 Å². The molecule has 3 aromatic rings. The van der Waals surface area contributed by atoms with Crippen molar-refractivity contribution in [2.75, 3.05) is 7.11 Å². The summed E-state index contributed by atoms with van der Waals surface area (Å²) in [7, 11) is 1.67. The lowest BCUT2D eigenvalue weighted by Gasteiger charge is -2.09. The minimum atomic E-state index is 0.730. The summed E-state index contributed by atoms with van der Waals surface area (Å²) in [4.78, 5) is 0. The van der Waals surface area contributed by atoms with Gasteiger partial charge in [0, 0.05) is 10.0 Å². The van der Waals surface area contributed by atoms with Crippen molar-refractivity contribution in [1.82, 2.24) is 14.8 Å². The molecule has 5 heteroatoms. The molecule has 0 aliphatic carbocycles. The minimum Gasteiger partial charge on any atom is -0.497 e. The van der Waals surface area contributed by atoms with Crippen molar-refractivity contribution in [3.63, 3.8) is 0 Å². The summed E-state index contributed by atoms with van der Waals surface area (Å²) in [6.07, 6.45) is 0. The van der Waals surface area contributed by atoms with Gasteiger partial charge in [-0.3, -0.25) is 0 Å². The molecular formula is C17H16BrN3O. The first-order chi connectivity index (χ1) is 10.7. The van der Waals surface area contributed by atoms with Crippen LogP contribution in [-0.4, -0.2) is 21.9 Å². The molecule has 22 heavy (non-hydrogen) atoms. The Morgan fingerprint density at radius 2 is 1.68 bits per heavy atom. The van der Waals surface area contributed by atoms with Crippen LogP contribution in [0.2, 0.25) is 0 Å². The van der Waals surface area contributed by atoms with E-state index in [0.717, 1.165) is 34.0 Å². The van der Waals surface area contributed by atoms with Gasteiger partial charge in [-0.05, 0) is 36.8 Å². The Kier molecular flexibility index (Phi) is 4.24. The molecule has 4 nitrogen and oxygen atoms in total. The van der Waals surface area contributed by atoms with Gasteiger partial charge in [-0.1, -0.05) is 40.2 Å². The molecule has 0 amide bonds. The molecule has 0 fully saturated rings. The molecule has 2 aromatic carbocycles. The van der Waals surface area contributed by atoms with Crippen molar-refractivity contribution in [2.45, 2.75) is 13.5 Å². The quantitative estimate of drug-likeness (QED) is 0.706. The van der Waals surface area contributed by atoms with Gasteiger partial charge < -0.3 is 9.30 Å². The summed E-state index contributed by atoms with van der Waals surface area (Å²) in [6, 6.07) is 16.2. The first-order valence-corrected chi connectivity index (χ1v) is 7.75. The van der Waals surface area contributed by atoms with E-state index in [4.69, 9.17) is 4.74 Å². The molecule has 0 aliphatic heterocycles. The minimum absolute atomic E-state index is 0.730. The number of hydrogen-bond donors (Lipinski definition) is 0. The summed E-state index contributed by atoms with van der Waals surface area (Å²) in [6.45, 7) is 2.70. The van der Waals surface area contributed by atoms with Crippen LogP contribution in [0.3, 0.4) is 0 Å². The average molecular weight is 358 g/mol. The lowest BCUT2D eigenvalue weighted by Crippen LogP contribution is -2.04. The van der Waals surface area contributed by atoms with Crippen LogP contribution in [0.1, 0.15) is 11.4 Å². The molecule has 0 aliphatic rings. The average Bonchev–Trinajstić information content (AvgIpc) is 2.90. The number of aryl methyl sites for hydroxylation is 1. The van der Waals surface area contributed by atoms with Gasteiger partial charge in [0.25, 0.3) is 0 Å². The van der Waals surface area contributed by atoms with Crippen molar-refractivity contribution >= 4 is 15.9 Å². The van der Waals surface area contributed by atoms with Crippen LogP contribution >= 0.6 is 15.9 Å². The number of rotatable bonds is 4. The van der Waals surface area contributed by atoms with Crippen molar-refractivity contribution < 1.29 is 4.74 Å². The fraction of sp³-hybridized carbons (Fsp3) is 0.176. The molecular weight excluding hydrogens is 342 g/mol. The van der Waals surface area contributed by atoms with E-state index < -0.39 is 0 Å². The molecule has 3 rings (SSSR count). The predicted octanol–water partition coefficient (Wildman–Crippen LogP) is 4.07. The normalized spacial score (nSPS) is 10.7. The molecule has 0 N–H and O–H groups in total. The Morgan fingerprint density at radius 1 is 1.00 bits per heavy atom. The highest BCUT2D eigenvalue weighted by atomic mass is 79.9. The SMILES string of the molecule is COc1ccc(Cn2c(C)nnc2-c2ccc(Br)cc2)cc1. The van der Waals surface area contributed by atoms with E-state index in [-0.39, 0.29) is 0 Å². The molecule has 0 saturated carbocycles. The van der Waals surface area contributed by atoms with Crippen molar-refractivity contribution in [1.29, 1.82) is 0 Å². The Morgan fingerprint density at radius 3 is 2.32 bits per heavy atom. The van der Waals surface area contributed by atoms with Crippen LogP contribution < -0.4 is 4.74 Å². The van der Waals surface area contributed by atoms with E-state index in [2.05, 4.69) is 42.8 Å². The number of halogens is 1. The highest BCUT2D eigenvalue weighted by molar-refractivity contribution is 9.10. The summed E-state index contributed by atoms with van der Waals surface area (Å²) in [5.41, 5.74) is 2.24. The van der Waals surface area contributed by atoms with Crippen LogP contribution in [0, 0.1) is 6.92 Å². The maximum atomic E-state index is 5.20. The Balaban J connectivity index is 1.93. The van der Waals surface area contributed by atoms with E-state index in [0.29, 0.717) is 0 Å². The van der Waals surface area contributed by atoms with Gasteiger partial charge in [0.15, 0.2) is 5.82 Å². The first-order valence-electron chi connectivity index (χ1n) is 6.96. The zero-order valence-electron chi connectivity index (χ0n) is 12.5. The van der Waals surface area contributed by atoms with Gasteiger partial charge >= 0.3 is 0 Å². The monoisotopic (exact) mass is 357 g/mol. The van der Waals surface area contributed by atoms with Crippen LogP contribution in [0.4, 0.5) is 0 Å². The maximum absolute atomic E-state index is 5.20. The smallest absolute Gasteiger partial charge is 0.164 e. The molecule has 0 spiro atoms. The number of methoxy groups -OCH3 is 1. The van der Waals surface area contributed by atoms with E-state index in [9.17, 15) is 0 Å². The largest absolute Gasteiger partial charge is 0.497 e. The Hall–Kier alpha value is -2.14. The number of nitrogens with zero attached hydrogens (tertiary/aromatic N) is 3. The predicted molar refractivity (Wildman–Crippen MR) is 90.0 cm³/mol. The molecule has 0 unspecified atom stereocenters. The number of aromatic nitrogens is 3. The number of benzene rings is 2. The Labute approximate surface area is 137 Å². The zero-order valence-corrected chi connectivity index (χ0v) is 14.0. The lowest BCUT2D eigenvalue weighted by molar-refractivity contribution is 0.414. The topological polar surface area (TPSA) is 39.9 Å². The summed E-state index contributed by atoms with van der Waals surface area (Å²) >= 11 is 3.45. The van der Waals surface area contributed by atoms with Gasteiger partial charge in [-0.15, -0.1) is 10.2 Å². The molecule has 0 saturated heterocycles. The molecule has 0 atom stereocenters. The second-order valence-electron chi connectivity index (χ2n) is 5.01. The third-order valence-corrected chi connectivity index (χ3v) is 4.07. The summed E-state index contributed by atoms with van der Waals surface area (Å²) in [5.74, 6) is 2.63. The highest BCUT2D eigenvalue weighted by Gasteiger charge is 2.11. The lowest BCUT2D eigenvalue weighted by atomic mass is 10.2. The standard InChI is InChI=1S/C17H16BrN3O/c1-12-19-20-17(14-5-7-15(18)8-6-14)21(12)11-13-3-9-16(22-2)10-4-13/h3-10H,11H2,1-2H3. The highest BCUT2D eigenvalue weighted by Crippen LogP contribution is 2.22. The second-order valence-corrected chi connectivity index (χ2v) is 5.93. The Bertz CT molecular complexity index is 764. The molecule has 1 heterocycles. The van der Waals surface area contributed by atoms with Gasteiger partial charge in [-0.2, -0.15) is 0 Å². The van der Waals surface area contributed by atoms with Crippen molar-refractivity contribution in [2.24, 2.45) is 0 Å². The van der Waals surface area contributed by atoms with E-state index >= 15 is 0 Å². The second kappa shape index (κ2) is 6.32.